The third kappa shape index (κ3) is 1.81. The summed E-state index contributed by atoms with van der Waals surface area (Å²) in [5.41, 5.74) is 0. The molecular formula is C14H24NO+. The van der Waals surface area contributed by atoms with Crippen LogP contribution in [0.3, 0.4) is 0 Å². The maximum absolute atomic E-state index is 12.2. The predicted molar refractivity (Wildman–Crippen MR) is 63.4 cm³/mol. The number of quaternary nitrogens is 1. The molecule has 0 aromatic rings. The Bertz CT molecular complexity index is 270. The van der Waals surface area contributed by atoms with Crippen LogP contribution in [-0.2, 0) is 4.79 Å². The van der Waals surface area contributed by atoms with Gasteiger partial charge in [0, 0.05) is 12.3 Å². The first-order valence-electron chi connectivity index (χ1n) is 7.24. The fourth-order valence-electron chi connectivity index (χ4n) is 4.30. The van der Waals surface area contributed by atoms with E-state index in [1.54, 1.807) is 4.90 Å². The summed E-state index contributed by atoms with van der Waals surface area (Å²) < 4.78 is 0. The van der Waals surface area contributed by atoms with Gasteiger partial charge >= 0.3 is 0 Å². The fourth-order valence-corrected chi connectivity index (χ4v) is 4.30. The van der Waals surface area contributed by atoms with Crippen LogP contribution in [0.2, 0.25) is 0 Å². The molecule has 0 aromatic heterocycles. The van der Waals surface area contributed by atoms with Crippen LogP contribution in [0.25, 0.3) is 0 Å². The summed E-state index contributed by atoms with van der Waals surface area (Å²) in [5, 5.41) is 0. The van der Waals surface area contributed by atoms with E-state index in [2.05, 4.69) is 0 Å². The smallest absolute Gasteiger partial charge is 0.144 e. The van der Waals surface area contributed by atoms with Gasteiger partial charge in [0.2, 0.25) is 0 Å². The van der Waals surface area contributed by atoms with Crippen LogP contribution in [0.5, 0.6) is 0 Å². The van der Waals surface area contributed by atoms with Crippen LogP contribution >= 0.6 is 0 Å². The third-order valence-corrected chi connectivity index (χ3v) is 5.17. The van der Waals surface area contributed by atoms with Crippen molar-refractivity contribution in [3.8, 4) is 0 Å². The molecule has 0 unspecified atom stereocenters. The summed E-state index contributed by atoms with van der Waals surface area (Å²) in [4.78, 5) is 14.0. The van der Waals surface area contributed by atoms with Crippen LogP contribution < -0.4 is 4.90 Å². The number of nitrogens with one attached hydrogen (secondary N) is 1. The minimum Gasteiger partial charge on any atom is -0.332 e. The molecule has 0 amide bonds. The second-order valence-electron chi connectivity index (χ2n) is 6.04. The van der Waals surface area contributed by atoms with E-state index in [9.17, 15) is 4.79 Å². The maximum atomic E-state index is 12.2. The van der Waals surface area contributed by atoms with E-state index in [1.807, 2.05) is 0 Å². The third-order valence-electron chi connectivity index (χ3n) is 5.17. The van der Waals surface area contributed by atoms with Gasteiger partial charge in [-0.15, -0.1) is 0 Å². The number of piperidine rings is 1. The van der Waals surface area contributed by atoms with Gasteiger partial charge in [-0.1, -0.05) is 6.42 Å². The summed E-state index contributed by atoms with van der Waals surface area (Å²) in [6.07, 6.45) is 10.4. The van der Waals surface area contributed by atoms with Crippen LogP contribution in [0, 0.1) is 11.8 Å². The highest BCUT2D eigenvalue weighted by Gasteiger charge is 2.45. The quantitative estimate of drug-likeness (QED) is 0.707. The number of hydrogen-bond donors (Lipinski definition) is 1. The van der Waals surface area contributed by atoms with Crippen molar-refractivity contribution in [2.24, 2.45) is 11.8 Å². The lowest BCUT2D eigenvalue weighted by molar-refractivity contribution is -0.933. The van der Waals surface area contributed by atoms with Gasteiger partial charge in [0.15, 0.2) is 0 Å². The normalized spacial score (nSPS) is 41.0. The standard InChI is InChI=1S/C14H23NO/c16-14-11-5-4-6-12(14)13(8-7-11)15-9-2-1-3-10-15/h11-13H,1-10H2/p+1/t11-,12+,13-/m1/s1. The van der Waals surface area contributed by atoms with Crippen LogP contribution in [0.1, 0.15) is 51.4 Å². The first-order valence-corrected chi connectivity index (χ1v) is 7.24. The molecule has 3 fully saturated rings. The molecule has 2 nitrogen and oxygen atoms in total. The Morgan fingerprint density at radius 2 is 1.69 bits per heavy atom. The van der Waals surface area contributed by atoms with E-state index in [1.165, 1.54) is 64.5 Å². The molecule has 1 aliphatic heterocycles. The van der Waals surface area contributed by atoms with Crippen LogP contribution in [-0.4, -0.2) is 24.9 Å². The maximum Gasteiger partial charge on any atom is 0.144 e. The highest BCUT2D eigenvalue weighted by atomic mass is 16.1. The van der Waals surface area contributed by atoms with Gasteiger partial charge < -0.3 is 4.90 Å². The zero-order valence-electron chi connectivity index (χ0n) is 10.2. The van der Waals surface area contributed by atoms with E-state index in [0.29, 0.717) is 23.7 Å². The lowest BCUT2D eigenvalue weighted by Crippen LogP contribution is -3.17. The molecule has 1 saturated heterocycles. The predicted octanol–water partition coefficient (Wildman–Crippen LogP) is 1.20. The van der Waals surface area contributed by atoms with E-state index in [-0.39, 0.29) is 0 Å². The van der Waals surface area contributed by atoms with Gasteiger partial charge in [-0.05, 0) is 38.5 Å². The summed E-state index contributed by atoms with van der Waals surface area (Å²) in [7, 11) is 0. The summed E-state index contributed by atoms with van der Waals surface area (Å²) in [5.74, 6) is 1.54. The molecule has 2 heteroatoms. The van der Waals surface area contributed by atoms with Crippen molar-refractivity contribution in [3.63, 3.8) is 0 Å². The van der Waals surface area contributed by atoms with Crippen LogP contribution in [0.4, 0.5) is 0 Å². The molecule has 0 aromatic carbocycles. The van der Waals surface area contributed by atoms with Gasteiger partial charge in [-0.2, -0.15) is 0 Å². The molecule has 0 spiro atoms. The molecule has 90 valence electrons. The van der Waals surface area contributed by atoms with Gasteiger partial charge in [0.05, 0.1) is 25.0 Å². The minimum atomic E-state index is 0.445. The monoisotopic (exact) mass is 222 g/mol. The topological polar surface area (TPSA) is 21.5 Å². The molecule has 3 rings (SSSR count). The first kappa shape index (κ1) is 10.8. The van der Waals surface area contributed by atoms with Crippen molar-refractivity contribution in [2.75, 3.05) is 13.1 Å². The summed E-state index contributed by atoms with van der Waals surface area (Å²) >= 11 is 0. The molecule has 1 N–H and O–H groups in total. The van der Waals surface area contributed by atoms with E-state index < -0.39 is 0 Å². The van der Waals surface area contributed by atoms with Crippen molar-refractivity contribution < 1.29 is 9.69 Å². The lowest BCUT2D eigenvalue weighted by atomic mass is 9.68. The Kier molecular flexibility index (Phi) is 3.01. The van der Waals surface area contributed by atoms with Gasteiger partial charge in [-0.3, -0.25) is 4.79 Å². The fraction of sp³-hybridized carbons (Fsp3) is 0.929. The summed E-state index contributed by atoms with van der Waals surface area (Å²) in [6, 6.07) is 0.698. The number of rotatable bonds is 1. The van der Waals surface area contributed by atoms with Crippen molar-refractivity contribution in [3.05, 3.63) is 0 Å². The Hall–Kier alpha value is -0.370. The molecule has 2 bridgehead atoms. The summed E-state index contributed by atoms with van der Waals surface area (Å²) in [6.45, 7) is 2.66. The van der Waals surface area contributed by atoms with Gasteiger partial charge in [-0.25, -0.2) is 0 Å². The molecule has 3 aliphatic rings. The highest BCUT2D eigenvalue weighted by molar-refractivity contribution is 5.85. The largest absolute Gasteiger partial charge is 0.332 e. The lowest BCUT2D eigenvalue weighted by Gasteiger charge is -2.43. The number of fused-ring (bicyclic) bond motifs is 2. The molecule has 3 atom stereocenters. The second-order valence-corrected chi connectivity index (χ2v) is 6.04. The first-order chi connectivity index (χ1) is 7.86. The highest BCUT2D eigenvalue weighted by Crippen LogP contribution is 2.36. The van der Waals surface area contributed by atoms with Crippen molar-refractivity contribution >= 4 is 5.78 Å². The SMILES string of the molecule is O=C1[C@@H]2CCC[C@H]1[C@H]([NH+]1CCCCC1)CC2. The molecule has 16 heavy (non-hydrogen) atoms. The Morgan fingerprint density at radius 3 is 2.50 bits per heavy atom. The second kappa shape index (κ2) is 4.48. The number of Topliss-reactive ketones (excluding diaryl/α,β-unsaturated/α-hetero) is 1. The Balaban J connectivity index is 1.72. The molecular weight excluding hydrogens is 198 g/mol. The van der Waals surface area contributed by atoms with Gasteiger partial charge in [0.1, 0.15) is 5.78 Å². The van der Waals surface area contributed by atoms with Crippen molar-refractivity contribution in [1.29, 1.82) is 0 Å². The zero-order valence-corrected chi connectivity index (χ0v) is 10.2. The van der Waals surface area contributed by atoms with Crippen molar-refractivity contribution in [1.82, 2.24) is 0 Å². The van der Waals surface area contributed by atoms with E-state index in [0.717, 1.165) is 0 Å². The minimum absolute atomic E-state index is 0.445. The number of likely N-dealkylation sites (tertiary alicyclic amines) is 1. The van der Waals surface area contributed by atoms with Crippen LogP contribution in [0.15, 0.2) is 0 Å². The number of carbonyl (C=O) groups is 1. The Morgan fingerprint density at radius 1 is 0.875 bits per heavy atom. The molecule has 0 radical (unpaired) electrons. The molecule has 1 heterocycles. The number of carbonyl (C=O) groups excluding carboxylic acids is 1. The zero-order chi connectivity index (χ0) is 11.0. The Labute approximate surface area is 98.4 Å². The van der Waals surface area contributed by atoms with Gasteiger partial charge in [0.25, 0.3) is 0 Å². The molecule has 2 saturated carbocycles. The average Bonchev–Trinajstić information content (AvgIpc) is 2.30. The van der Waals surface area contributed by atoms with Crippen molar-refractivity contribution in [2.45, 2.75) is 57.4 Å². The number of hydrogen-bond acceptors (Lipinski definition) is 1. The number of ketones is 1. The van der Waals surface area contributed by atoms with E-state index >= 15 is 0 Å². The molecule has 2 aliphatic carbocycles. The average molecular weight is 222 g/mol. The van der Waals surface area contributed by atoms with E-state index in [4.69, 9.17) is 0 Å².